The Morgan fingerprint density at radius 3 is 2.68 bits per heavy atom. The van der Waals surface area contributed by atoms with Crippen LogP contribution in [-0.4, -0.2) is 47.3 Å². The molecule has 8 heteroatoms. The van der Waals surface area contributed by atoms with Crippen molar-refractivity contribution in [2.45, 2.75) is 97.1 Å². The molecule has 1 saturated heterocycles. The van der Waals surface area contributed by atoms with Gasteiger partial charge in [0.15, 0.2) is 11.9 Å². The van der Waals surface area contributed by atoms with Crippen LogP contribution in [0.4, 0.5) is 0 Å². The third-order valence-corrected chi connectivity index (χ3v) is 7.09. The van der Waals surface area contributed by atoms with Crippen molar-refractivity contribution in [3.05, 3.63) is 47.4 Å². The first-order chi connectivity index (χ1) is 17.5. The van der Waals surface area contributed by atoms with Gasteiger partial charge >= 0.3 is 5.97 Å². The quantitative estimate of drug-likeness (QED) is 0.415. The zero-order valence-electron chi connectivity index (χ0n) is 22.7. The number of allylic oxidation sites excluding steroid dienone is 1. The molecule has 0 aliphatic carbocycles. The predicted molar refractivity (Wildman–Crippen MR) is 139 cm³/mol. The molecule has 1 aromatic rings. The summed E-state index contributed by atoms with van der Waals surface area (Å²) in [6, 6.07) is 0. The zero-order valence-corrected chi connectivity index (χ0v) is 22.7. The van der Waals surface area contributed by atoms with E-state index in [1.165, 1.54) is 12.3 Å². The van der Waals surface area contributed by atoms with E-state index in [1.54, 1.807) is 14.0 Å². The average molecular weight is 516 g/mol. The first-order valence-corrected chi connectivity index (χ1v) is 13.2. The average Bonchev–Trinajstić information content (AvgIpc) is 3.28. The van der Waals surface area contributed by atoms with Crippen LogP contribution in [0.1, 0.15) is 90.3 Å². The number of aromatic nitrogens is 1. The molecule has 4 unspecified atom stereocenters. The van der Waals surface area contributed by atoms with Crippen molar-refractivity contribution >= 4 is 17.8 Å². The molecule has 8 nitrogen and oxygen atoms in total. The van der Waals surface area contributed by atoms with Gasteiger partial charge in [-0.25, -0.2) is 4.98 Å². The molecule has 37 heavy (non-hydrogen) atoms. The highest BCUT2D eigenvalue weighted by Crippen LogP contribution is 2.32. The van der Waals surface area contributed by atoms with Gasteiger partial charge in [0.25, 0.3) is 0 Å². The third-order valence-electron chi connectivity index (χ3n) is 7.09. The zero-order chi connectivity index (χ0) is 27.1. The lowest BCUT2D eigenvalue weighted by Crippen LogP contribution is -2.26. The largest absolute Gasteiger partial charge is 0.494 e. The molecule has 1 N–H and O–H groups in total. The number of ketones is 1. The van der Waals surface area contributed by atoms with E-state index < -0.39 is 18.1 Å². The fourth-order valence-electron chi connectivity index (χ4n) is 4.73. The van der Waals surface area contributed by atoms with Crippen LogP contribution in [0.3, 0.4) is 0 Å². The Balaban J connectivity index is 1.81. The van der Waals surface area contributed by atoms with Gasteiger partial charge in [-0.15, -0.1) is 0 Å². The minimum atomic E-state index is -0.712. The number of hydrogen-bond acceptors (Lipinski definition) is 8. The van der Waals surface area contributed by atoms with Crippen LogP contribution in [0, 0.1) is 11.8 Å². The van der Waals surface area contributed by atoms with Crippen LogP contribution < -0.4 is 0 Å². The summed E-state index contributed by atoms with van der Waals surface area (Å²) in [5, 5.41) is 10.5. The van der Waals surface area contributed by atoms with Crippen LogP contribution in [-0.2, 0) is 23.8 Å². The van der Waals surface area contributed by atoms with Crippen molar-refractivity contribution in [1.29, 1.82) is 0 Å². The number of fused-ring (bicyclic) bond motifs is 2. The Hall–Kier alpha value is -2.71. The fourth-order valence-corrected chi connectivity index (χ4v) is 4.73. The summed E-state index contributed by atoms with van der Waals surface area (Å²) in [6.07, 6.45) is 6.38. The van der Waals surface area contributed by atoms with Gasteiger partial charge in [0, 0.05) is 38.5 Å². The molecule has 3 rings (SSSR count). The maximum absolute atomic E-state index is 13.0. The first kappa shape index (κ1) is 28.9. The summed E-state index contributed by atoms with van der Waals surface area (Å²) < 4.78 is 23.0. The molecule has 0 amide bonds. The molecule has 0 aromatic carbocycles. The monoisotopic (exact) mass is 515 g/mol. The Morgan fingerprint density at radius 2 is 1.95 bits per heavy atom. The highest BCUT2D eigenvalue weighted by atomic mass is 16.5. The minimum absolute atomic E-state index is 0.0219. The Bertz CT molecular complexity index is 1020. The summed E-state index contributed by atoms with van der Waals surface area (Å²) in [5.74, 6) is 0.369. The summed E-state index contributed by atoms with van der Waals surface area (Å²) >= 11 is 0. The van der Waals surface area contributed by atoms with E-state index in [2.05, 4.69) is 18.5 Å². The lowest BCUT2D eigenvalue weighted by molar-refractivity contribution is -0.154. The number of methoxy groups -OCH3 is 1. The van der Waals surface area contributed by atoms with Crippen LogP contribution in [0.15, 0.2) is 40.2 Å². The van der Waals surface area contributed by atoms with Crippen LogP contribution in [0.2, 0.25) is 0 Å². The molecular weight excluding hydrogens is 474 g/mol. The van der Waals surface area contributed by atoms with E-state index in [4.69, 9.17) is 18.6 Å². The molecule has 0 saturated carbocycles. The van der Waals surface area contributed by atoms with Gasteiger partial charge < -0.3 is 23.7 Å². The fraction of sp³-hybridized carbons (Fsp3) is 0.621. The van der Waals surface area contributed by atoms with Gasteiger partial charge in [-0.2, -0.15) is 0 Å². The van der Waals surface area contributed by atoms with Gasteiger partial charge in [0.2, 0.25) is 5.89 Å². The highest BCUT2D eigenvalue weighted by molar-refractivity contribution is 5.91. The second-order valence-electron chi connectivity index (χ2n) is 10.7. The van der Waals surface area contributed by atoms with Crippen LogP contribution in [0.25, 0.3) is 6.08 Å². The van der Waals surface area contributed by atoms with Crippen molar-refractivity contribution in [2.75, 3.05) is 7.11 Å². The van der Waals surface area contributed by atoms with Gasteiger partial charge in [-0.05, 0) is 51.0 Å². The lowest BCUT2D eigenvalue weighted by Gasteiger charge is -2.28. The smallest absolute Gasteiger partial charge is 0.309 e. The topological polar surface area (TPSA) is 108 Å². The van der Waals surface area contributed by atoms with Gasteiger partial charge in [0.05, 0.1) is 18.1 Å². The van der Waals surface area contributed by atoms with E-state index in [0.29, 0.717) is 55.9 Å². The highest BCUT2D eigenvalue weighted by Gasteiger charge is 2.29. The van der Waals surface area contributed by atoms with Gasteiger partial charge in [-0.1, -0.05) is 26.0 Å². The van der Waals surface area contributed by atoms with Gasteiger partial charge in [0.1, 0.15) is 23.8 Å². The summed E-state index contributed by atoms with van der Waals surface area (Å²) in [7, 11) is 1.64. The number of cyclic esters (lactones) is 1. The van der Waals surface area contributed by atoms with Crippen molar-refractivity contribution < 1.29 is 33.3 Å². The molecule has 2 bridgehead atoms. The van der Waals surface area contributed by atoms with Crippen molar-refractivity contribution in [1.82, 2.24) is 4.98 Å². The Labute approximate surface area is 219 Å². The molecule has 0 spiro atoms. The number of hydrogen-bond donors (Lipinski definition) is 1. The van der Waals surface area contributed by atoms with Crippen LogP contribution >= 0.6 is 0 Å². The second kappa shape index (κ2) is 13.2. The number of ether oxygens (including phenoxy) is 3. The standard InChI is InChI=1S/C29H41NO7/c1-17-9-18(2)11-27(26-16-35-28(30-26)12-20(4)21(5)34-6)37-29(33)19(3)7-8-22(31)13-25-15-23(32)14-24(10-17)36-25/h12,15-17,19,21-22,24,27,31H,2,7-11,13-14H2,1,3-6H3/b20-12-/t17?,19-,21?,22+,24?,27?/m0/s1. The number of aliphatic hydroxyl groups excluding tert-OH is 1. The second-order valence-corrected chi connectivity index (χ2v) is 10.7. The van der Waals surface area contributed by atoms with E-state index in [1.807, 2.05) is 19.9 Å². The Morgan fingerprint density at radius 1 is 1.19 bits per heavy atom. The lowest BCUT2D eigenvalue weighted by atomic mass is 9.90. The van der Waals surface area contributed by atoms with Crippen molar-refractivity contribution in [2.24, 2.45) is 11.8 Å². The summed E-state index contributed by atoms with van der Waals surface area (Å²) in [6.45, 7) is 12.0. The van der Waals surface area contributed by atoms with E-state index in [0.717, 1.165) is 11.1 Å². The Kier molecular flexibility index (Phi) is 10.3. The molecule has 6 atom stereocenters. The number of rotatable bonds is 4. The number of nitrogens with zero attached hydrogens (tertiary/aromatic N) is 1. The molecule has 0 radical (unpaired) electrons. The van der Waals surface area contributed by atoms with E-state index >= 15 is 0 Å². The molecule has 3 heterocycles. The van der Waals surface area contributed by atoms with Gasteiger partial charge in [-0.3, -0.25) is 9.59 Å². The van der Waals surface area contributed by atoms with Crippen molar-refractivity contribution in [3.63, 3.8) is 0 Å². The molecular formula is C29H41NO7. The van der Waals surface area contributed by atoms with Crippen molar-refractivity contribution in [3.8, 4) is 0 Å². The number of carbonyl (C=O) groups excluding carboxylic acids is 2. The van der Waals surface area contributed by atoms with E-state index in [9.17, 15) is 14.7 Å². The number of aliphatic hydroxyl groups is 1. The minimum Gasteiger partial charge on any atom is -0.494 e. The SMILES string of the molecule is C=C1CC(C)CC2CC(=O)C=C(C[C@H](O)CC[C@H](C)C(=O)OC(c3coc(/C=C(/C)C(C)OC)n3)C1)O2. The molecule has 204 valence electrons. The normalized spacial score (nSPS) is 29.8. The summed E-state index contributed by atoms with van der Waals surface area (Å²) in [4.78, 5) is 29.8. The maximum atomic E-state index is 13.0. The molecule has 1 aromatic heterocycles. The number of carbonyl (C=O) groups is 2. The maximum Gasteiger partial charge on any atom is 0.309 e. The number of esters is 1. The molecule has 1 fully saturated rings. The third kappa shape index (κ3) is 8.68. The molecule has 2 aliphatic heterocycles. The number of oxazole rings is 1. The molecule has 2 aliphatic rings. The van der Waals surface area contributed by atoms with Crippen LogP contribution in [0.5, 0.6) is 0 Å². The summed E-state index contributed by atoms with van der Waals surface area (Å²) in [5.41, 5.74) is 2.40. The first-order valence-electron chi connectivity index (χ1n) is 13.2. The van der Waals surface area contributed by atoms with E-state index in [-0.39, 0.29) is 36.3 Å². The predicted octanol–water partition coefficient (Wildman–Crippen LogP) is 5.48.